The van der Waals surface area contributed by atoms with E-state index in [9.17, 15) is 0 Å². The zero-order chi connectivity index (χ0) is 10.6. The molecule has 0 heterocycles. The summed E-state index contributed by atoms with van der Waals surface area (Å²) in [5, 5.41) is 0. The molecule has 1 heteroatoms. The fourth-order valence-corrected chi connectivity index (χ4v) is 1.70. The van der Waals surface area contributed by atoms with Crippen LogP contribution in [0.4, 0.5) is 0 Å². The smallest absolute Gasteiger partial charge is 0.0803 e. The Hall–Kier alpha value is 0.0649. The van der Waals surface area contributed by atoms with Gasteiger partial charge in [0, 0.05) is 0 Å². The van der Waals surface area contributed by atoms with Gasteiger partial charge in [0.15, 0.2) is 0 Å². The molecule has 0 saturated heterocycles. The van der Waals surface area contributed by atoms with Crippen LogP contribution in [0.1, 0.15) is 65.7 Å². The van der Waals surface area contributed by atoms with Crippen molar-refractivity contribution in [2.24, 2.45) is 5.92 Å². The summed E-state index contributed by atoms with van der Waals surface area (Å²) < 4.78 is 0. The number of unbranched alkanes of at least 4 members (excludes halogenated alkanes) is 4. The van der Waals surface area contributed by atoms with Crippen LogP contribution in [-0.2, 0) is 0 Å². The van der Waals surface area contributed by atoms with E-state index < -0.39 is 0 Å². The zero-order valence-corrected chi connectivity index (χ0v) is 10.5. The van der Waals surface area contributed by atoms with Crippen molar-refractivity contribution < 1.29 is 0 Å². The van der Waals surface area contributed by atoms with E-state index in [0.29, 0.717) is 0 Å². The van der Waals surface area contributed by atoms with E-state index in [4.69, 9.17) is 0 Å². The molecule has 0 unspecified atom stereocenters. The molecule has 0 aliphatic carbocycles. The van der Waals surface area contributed by atoms with Crippen LogP contribution in [0.2, 0.25) is 12.6 Å². The van der Waals surface area contributed by atoms with E-state index in [1.54, 1.807) is 0 Å². The van der Waals surface area contributed by atoms with Crippen molar-refractivity contribution in [3.05, 3.63) is 0 Å². The second-order valence-electron chi connectivity index (χ2n) is 4.82. The first-order valence-electron chi connectivity index (χ1n) is 6.59. The summed E-state index contributed by atoms with van der Waals surface area (Å²) in [6, 6.07) is 0. The minimum Gasteiger partial charge on any atom is -0.0803 e. The Labute approximate surface area is 92.1 Å². The van der Waals surface area contributed by atoms with Crippen LogP contribution in [0, 0.1) is 5.92 Å². The summed E-state index contributed by atoms with van der Waals surface area (Å²) in [5.41, 5.74) is 0. The van der Waals surface area contributed by atoms with E-state index in [1.807, 2.05) is 0 Å². The SMILES string of the molecule is CCCCC[B]CCCCCC(C)C. The van der Waals surface area contributed by atoms with Crippen molar-refractivity contribution in [1.29, 1.82) is 0 Å². The summed E-state index contributed by atoms with van der Waals surface area (Å²) in [6.45, 7) is 6.90. The van der Waals surface area contributed by atoms with Gasteiger partial charge in [0.2, 0.25) is 0 Å². The molecule has 0 N–H and O–H groups in total. The highest BCUT2D eigenvalue weighted by Gasteiger charge is 1.95. The number of hydrogen-bond acceptors (Lipinski definition) is 0. The third kappa shape index (κ3) is 12.1. The monoisotopic (exact) mass is 195 g/mol. The first-order chi connectivity index (χ1) is 6.77. The zero-order valence-electron chi connectivity index (χ0n) is 10.5. The van der Waals surface area contributed by atoms with Gasteiger partial charge in [-0.25, -0.2) is 0 Å². The van der Waals surface area contributed by atoms with Crippen LogP contribution in [0.3, 0.4) is 0 Å². The average molecular weight is 195 g/mol. The van der Waals surface area contributed by atoms with E-state index in [2.05, 4.69) is 28.1 Å². The summed E-state index contributed by atoms with van der Waals surface area (Å²) in [4.78, 5) is 0. The second-order valence-corrected chi connectivity index (χ2v) is 4.82. The first-order valence-corrected chi connectivity index (χ1v) is 6.59. The molecule has 0 fully saturated rings. The van der Waals surface area contributed by atoms with Crippen molar-refractivity contribution in [1.82, 2.24) is 0 Å². The van der Waals surface area contributed by atoms with Crippen LogP contribution in [0.15, 0.2) is 0 Å². The molecule has 0 nitrogen and oxygen atoms in total. The van der Waals surface area contributed by atoms with Gasteiger partial charge in [-0.1, -0.05) is 78.4 Å². The standard InChI is InChI=1S/C13H28B/c1-4-5-8-11-14-12-9-6-7-10-13(2)3/h13H,4-12H2,1-3H3. The molecule has 0 spiro atoms. The Morgan fingerprint density at radius 2 is 1.50 bits per heavy atom. The summed E-state index contributed by atoms with van der Waals surface area (Å²) in [5.74, 6) is 0.892. The van der Waals surface area contributed by atoms with Crippen molar-refractivity contribution in [2.75, 3.05) is 0 Å². The molecule has 0 rings (SSSR count). The lowest BCUT2D eigenvalue weighted by Gasteiger charge is -2.03. The Balaban J connectivity index is 2.85. The molecule has 83 valence electrons. The van der Waals surface area contributed by atoms with Crippen molar-refractivity contribution >= 4 is 7.28 Å². The summed E-state index contributed by atoms with van der Waals surface area (Å²) >= 11 is 0. The lowest BCUT2D eigenvalue weighted by molar-refractivity contribution is 0.534. The highest BCUT2D eigenvalue weighted by atomic mass is 14.0. The van der Waals surface area contributed by atoms with Crippen molar-refractivity contribution in [3.8, 4) is 0 Å². The molecule has 0 amide bonds. The normalized spacial score (nSPS) is 10.9. The van der Waals surface area contributed by atoms with Crippen LogP contribution >= 0.6 is 0 Å². The van der Waals surface area contributed by atoms with Gasteiger partial charge in [0.05, 0.1) is 0 Å². The molecule has 0 aromatic rings. The van der Waals surface area contributed by atoms with Gasteiger partial charge in [-0.2, -0.15) is 0 Å². The Bertz CT molecular complexity index is 99.4. The van der Waals surface area contributed by atoms with Gasteiger partial charge in [-0.15, -0.1) is 0 Å². The molecule has 0 atom stereocenters. The van der Waals surface area contributed by atoms with Crippen LogP contribution < -0.4 is 0 Å². The Morgan fingerprint density at radius 3 is 2.07 bits per heavy atom. The van der Waals surface area contributed by atoms with Crippen molar-refractivity contribution in [2.45, 2.75) is 78.4 Å². The van der Waals surface area contributed by atoms with Gasteiger partial charge in [0.1, 0.15) is 7.28 Å². The van der Waals surface area contributed by atoms with Crippen LogP contribution in [-0.4, -0.2) is 7.28 Å². The minimum atomic E-state index is 0.892. The summed E-state index contributed by atoms with van der Waals surface area (Å²) in [6.07, 6.45) is 12.5. The molecular formula is C13H28B. The van der Waals surface area contributed by atoms with Gasteiger partial charge in [-0.05, 0) is 5.92 Å². The predicted molar refractivity (Wildman–Crippen MR) is 68.2 cm³/mol. The van der Waals surface area contributed by atoms with Gasteiger partial charge >= 0.3 is 0 Å². The molecule has 0 aliphatic rings. The third-order valence-electron chi connectivity index (χ3n) is 2.70. The lowest BCUT2D eigenvalue weighted by atomic mass is 9.68. The maximum Gasteiger partial charge on any atom is 0.109 e. The van der Waals surface area contributed by atoms with Crippen molar-refractivity contribution in [3.63, 3.8) is 0 Å². The summed E-state index contributed by atoms with van der Waals surface area (Å²) in [7, 11) is 2.49. The van der Waals surface area contributed by atoms with Crippen LogP contribution in [0.5, 0.6) is 0 Å². The Morgan fingerprint density at radius 1 is 0.857 bits per heavy atom. The highest BCUT2D eigenvalue weighted by Crippen LogP contribution is 2.10. The fourth-order valence-electron chi connectivity index (χ4n) is 1.70. The topological polar surface area (TPSA) is 0 Å². The molecular weight excluding hydrogens is 167 g/mol. The number of hydrogen-bond donors (Lipinski definition) is 0. The lowest BCUT2D eigenvalue weighted by Crippen LogP contribution is -1.91. The van der Waals surface area contributed by atoms with Crippen LogP contribution in [0.25, 0.3) is 0 Å². The fraction of sp³-hybridized carbons (Fsp3) is 1.00. The minimum absolute atomic E-state index is 0.892. The molecule has 0 aromatic heterocycles. The largest absolute Gasteiger partial charge is 0.109 e. The van der Waals surface area contributed by atoms with Gasteiger partial charge < -0.3 is 0 Å². The maximum absolute atomic E-state index is 2.49. The van der Waals surface area contributed by atoms with Gasteiger partial charge in [0.25, 0.3) is 0 Å². The van der Waals surface area contributed by atoms with E-state index in [-0.39, 0.29) is 0 Å². The highest BCUT2D eigenvalue weighted by molar-refractivity contribution is 6.35. The van der Waals surface area contributed by atoms with Gasteiger partial charge in [-0.3, -0.25) is 0 Å². The van der Waals surface area contributed by atoms with E-state index >= 15 is 0 Å². The average Bonchev–Trinajstić information content (AvgIpc) is 2.15. The molecule has 0 aliphatic heterocycles. The second kappa shape index (κ2) is 11.1. The van der Waals surface area contributed by atoms with E-state index in [0.717, 1.165) is 5.92 Å². The Kier molecular flexibility index (Phi) is 11.2. The third-order valence-corrected chi connectivity index (χ3v) is 2.70. The quantitative estimate of drug-likeness (QED) is 0.342. The molecule has 0 saturated carbocycles. The molecule has 1 radical (unpaired) electrons. The predicted octanol–water partition coefficient (Wildman–Crippen LogP) is 4.93. The van der Waals surface area contributed by atoms with E-state index in [1.165, 1.54) is 57.6 Å². The molecule has 0 bridgehead atoms. The maximum atomic E-state index is 2.49. The number of rotatable bonds is 10. The molecule has 14 heavy (non-hydrogen) atoms. The first kappa shape index (κ1) is 14.1. The molecule has 0 aromatic carbocycles.